The second kappa shape index (κ2) is 8.63. The van der Waals surface area contributed by atoms with Crippen molar-refractivity contribution in [2.45, 2.75) is 18.0 Å². The molecule has 0 unspecified atom stereocenters. The third kappa shape index (κ3) is 4.93. The average molecular weight is 378 g/mol. The number of nitrogens with one attached hydrogen (secondary N) is 2. The first-order valence-electron chi connectivity index (χ1n) is 7.85. The van der Waals surface area contributed by atoms with Crippen LogP contribution in [0, 0.1) is 0 Å². The number of ether oxygens (including phenoxy) is 1. The van der Waals surface area contributed by atoms with Gasteiger partial charge in [-0.25, -0.2) is 22.5 Å². The molecule has 2 rings (SSSR count). The number of nitrogens with zero attached hydrogens (tertiary/aromatic N) is 2. The number of aromatic nitrogens is 1. The predicted molar refractivity (Wildman–Crippen MR) is 97.2 cm³/mol. The van der Waals surface area contributed by atoms with Crippen LogP contribution >= 0.6 is 0 Å². The molecule has 0 aliphatic rings. The van der Waals surface area contributed by atoms with Crippen molar-refractivity contribution in [1.29, 1.82) is 0 Å². The SMILES string of the molecule is COc1cc(CNC(=O)NCc2ccccc2S(=O)(=O)N(C)C)ccn1. The lowest BCUT2D eigenvalue weighted by Gasteiger charge is -2.15. The molecule has 0 aliphatic carbocycles. The molecule has 8 nitrogen and oxygen atoms in total. The topological polar surface area (TPSA) is 101 Å². The minimum atomic E-state index is -3.58. The number of hydrogen-bond donors (Lipinski definition) is 2. The number of sulfonamides is 1. The molecule has 9 heteroatoms. The Hall–Kier alpha value is -2.65. The fourth-order valence-corrected chi connectivity index (χ4v) is 3.31. The van der Waals surface area contributed by atoms with Crippen molar-refractivity contribution >= 4 is 16.1 Å². The summed E-state index contributed by atoms with van der Waals surface area (Å²) in [5.74, 6) is 0.465. The number of carbonyl (C=O) groups excluding carboxylic acids is 1. The van der Waals surface area contributed by atoms with Crippen molar-refractivity contribution in [3.8, 4) is 5.88 Å². The number of pyridine rings is 1. The van der Waals surface area contributed by atoms with Crippen molar-refractivity contribution in [2.75, 3.05) is 21.2 Å². The first-order chi connectivity index (χ1) is 12.3. The van der Waals surface area contributed by atoms with Gasteiger partial charge >= 0.3 is 6.03 Å². The molecule has 2 amide bonds. The minimum absolute atomic E-state index is 0.0920. The van der Waals surface area contributed by atoms with Crippen molar-refractivity contribution in [1.82, 2.24) is 19.9 Å². The lowest BCUT2D eigenvalue weighted by atomic mass is 10.2. The van der Waals surface area contributed by atoms with Crippen molar-refractivity contribution in [3.63, 3.8) is 0 Å². The molecule has 0 aliphatic heterocycles. The van der Waals surface area contributed by atoms with E-state index >= 15 is 0 Å². The van der Waals surface area contributed by atoms with Crippen LogP contribution in [0.1, 0.15) is 11.1 Å². The molecule has 1 aromatic carbocycles. The molecule has 0 atom stereocenters. The van der Waals surface area contributed by atoms with E-state index in [1.54, 1.807) is 36.5 Å². The summed E-state index contributed by atoms with van der Waals surface area (Å²) in [5, 5.41) is 5.38. The van der Waals surface area contributed by atoms with Gasteiger partial charge in [0.1, 0.15) is 0 Å². The number of hydrogen-bond acceptors (Lipinski definition) is 5. The summed E-state index contributed by atoms with van der Waals surface area (Å²) in [4.78, 5) is 16.2. The van der Waals surface area contributed by atoms with E-state index in [2.05, 4.69) is 15.6 Å². The molecule has 2 aromatic rings. The van der Waals surface area contributed by atoms with Crippen molar-refractivity contribution in [3.05, 3.63) is 53.7 Å². The average Bonchev–Trinajstić information content (AvgIpc) is 2.65. The van der Waals surface area contributed by atoms with Crippen LogP contribution in [0.25, 0.3) is 0 Å². The molecule has 0 spiro atoms. The zero-order chi connectivity index (χ0) is 19.2. The Morgan fingerprint density at radius 2 is 1.85 bits per heavy atom. The van der Waals surface area contributed by atoms with E-state index in [1.807, 2.05) is 0 Å². The minimum Gasteiger partial charge on any atom is -0.481 e. The Balaban J connectivity index is 1.98. The van der Waals surface area contributed by atoms with Gasteiger partial charge in [0.2, 0.25) is 15.9 Å². The molecular formula is C17H22N4O4S. The van der Waals surface area contributed by atoms with Crippen LogP contribution in [0.3, 0.4) is 0 Å². The van der Waals surface area contributed by atoms with Crippen LogP contribution in [0.2, 0.25) is 0 Å². The maximum atomic E-state index is 12.3. The zero-order valence-corrected chi connectivity index (χ0v) is 15.7. The molecule has 1 heterocycles. The van der Waals surface area contributed by atoms with Crippen LogP contribution in [-0.2, 0) is 23.1 Å². The first-order valence-corrected chi connectivity index (χ1v) is 9.29. The molecule has 26 heavy (non-hydrogen) atoms. The number of benzene rings is 1. The summed E-state index contributed by atoms with van der Waals surface area (Å²) in [6.45, 7) is 0.386. The third-order valence-corrected chi connectivity index (χ3v) is 5.55. The van der Waals surface area contributed by atoms with Crippen LogP contribution in [0.15, 0.2) is 47.5 Å². The molecule has 140 valence electrons. The highest BCUT2D eigenvalue weighted by Crippen LogP contribution is 2.18. The second-order valence-corrected chi connectivity index (χ2v) is 7.76. The Kier molecular flexibility index (Phi) is 6.53. The lowest BCUT2D eigenvalue weighted by Crippen LogP contribution is -2.35. The first kappa shape index (κ1) is 19.7. The summed E-state index contributed by atoms with van der Waals surface area (Å²) < 4.78 is 30.9. The highest BCUT2D eigenvalue weighted by Gasteiger charge is 2.20. The van der Waals surface area contributed by atoms with Gasteiger partial charge in [0, 0.05) is 39.4 Å². The van der Waals surface area contributed by atoms with E-state index in [-0.39, 0.29) is 11.4 Å². The van der Waals surface area contributed by atoms with E-state index in [0.29, 0.717) is 18.0 Å². The largest absolute Gasteiger partial charge is 0.481 e. The van der Waals surface area contributed by atoms with Gasteiger partial charge in [0.15, 0.2) is 0 Å². The van der Waals surface area contributed by atoms with Gasteiger partial charge in [-0.15, -0.1) is 0 Å². The van der Waals surface area contributed by atoms with Gasteiger partial charge in [-0.3, -0.25) is 0 Å². The third-order valence-electron chi connectivity index (χ3n) is 3.63. The summed E-state index contributed by atoms with van der Waals surface area (Å²) in [7, 11) is 0.877. The lowest BCUT2D eigenvalue weighted by molar-refractivity contribution is 0.240. The molecular weight excluding hydrogens is 356 g/mol. The van der Waals surface area contributed by atoms with E-state index in [9.17, 15) is 13.2 Å². The molecule has 0 bridgehead atoms. The van der Waals surface area contributed by atoms with Gasteiger partial charge < -0.3 is 15.4 Å². The maximum Gasteiger partial charge on any atom is 0.315 e. The Bertz CT molecular complexity index is 869. The quantitative estimate of drug-likeness (QED) is 0.757. The van der Waals surface area contributed by atoms with Gasteiger partial charge in [0.05, 0.1) is 12.0 Å². The molecule has 0 radical (unpaired) electrons. The van der Waals surface area contributed by atoms with E-state index in [1.165, 1.54) is 27.3 Å². The second-order valence-electron chi connectivity index (χ2n) is 5.64. The molecule has 2 N–H and O–H groups in total. The maximum absolute atomic E-state index is 12.3. The highest BCUT2D eigenvalue weighted by atomic mass is 32.2. The number of amides is 2. The summed E-state index contributed by atoms with van der Waals surface area (Å²) in [5.41, 5.74) is 1.35. The Morgan fingerprint density at radius 3 is 2.54 bits per heavy atom. The molecule has 0 fully saturated rings. The Labute approximate surface area is 153 Å². The molecule has 1 aromatic heterocycles. The summed E-state index contributed by atoms with van der Waals surface area (Å²) in [6, 6.07) is 9.65. The van der Waals surface area contributed by atoms with Gasteiger partial charge in [-0.2, -0.15) is 0 Å². The van der Waals surface area contributed by atoms with Gasteiger partial charge in [-0.1, -0.05) is 18.2 Å². The summed E-state index contributed by atoms with van der Waals surface area (Å²) >= 11 is 0. The van der Waals surface area contributed by atoms with Crippen LogP contribution in [0.4, 0.5) is 4.79 Å². The molecule has 0 saturated heterocycles. The standard InChI is InChI=1S/C17H22N4O4S/c1-21(2)26(23,24)15-7-5-4-6-14(15)12-20-17(22)19-11-13-8-9-18-16(10-13)25-3/h4-10H,11-12H2,1-3H3,(H2,19,20,22). The van der Waals surface area contributed by atoms with E-state index in [0.717, 1.165) is 9.87 Å². The van der Waals surface area contributed by atoms with Crippen molar-refractivity contribution < 1.29 is 17.9 Å². The van der Waals surface area contributed by atoms with Crippen LogP contribution in [0.5, 0.6) is 5.88 Å². The van der Waals surface area contributed by atoms with E-state index in [4.69, 9.17) is 4.74 Å². The van der Waals surface area contributed by atoms with E-state index < -0.39 is 16.1 Å². The predicted octanol–water partition coefficient (Wildman–Crippen LogP) is 1.34. The fourth-order valence-electron chi connectivity index (χ4n) is 2.19. The number of rotatable bonds is 7. The Morgan fingerprint density at radius 1 is 1.15 bits per heavy atom. The number of methoxy groups -OCH3 is 1. The van der Waals surface area contributed by atoms with Gasteiger partial charge in [0.25, 0.3) is 0 Å². The normalized spacial score (nSPS) is 11.2. The number of carbonyl (C=O) groups is 1. The zero-order valence-electron chi connectivity index (χ0n) is 14.9. The fraction of sp³-hybridized carbons (Fsp3) is 0.294. The van der Waals surface area contributed by atoms with Crippen LogP contribution < -0.4 is 15.4 Å². The molecule has 0 saturated carbocycles. The summed E-state index contributed by atoms with van der Waals surface area (Å²) in [6.07, 6.45) is 1.59. The van der Waals surface area contributed by atoms with Gasteiger partial charge in [-0.05, 0) is 23.3 Å². The van der Waals surface area contributed by atoms with Crippen molar-refractivity contribution in [2.24, 2.45) is 0 Å². The smallest absolute Gasteiger partial charge is 0.315 e. The number of urea groups is 1. The highest BCUT2D eigenvalue weighted by molar-refractivity contribution is 7.89. The van der Waals surface area contributed by atoms with Crippen LogP contribution in [-0.4, -0.2) is 44.9 Å². The monoisotopic (exact) mass is 378 g/mol.